The highest BCUT2D eigenvalue weighted by molar-refractivity contribution is 7.89. The van der Waals surface area contributed by atoms with Crippen molar-refractivity contribution in [2.45, 2.75) is 31.1 Å². The molecule has 1 amide bonds. The zero-order valence-corrected chi connectivity index (χ0v) is 16.1. The molecule has 1 aliphatic rings. The predicted octanol–water partition coefficient (Wildman–Crippen LogP) is 3.62. The minimum Gasteiger partial charge on any atom is -0.308 e. The van der Waals surface area contributed by atoms with Crippen LogP contribution in [0.15, 0.2) is 47.4 Å². The van der Waals surface area contributed by atoms with Gasteiger partial charge in [-0.3, -0.25) is 4.79 Å². The SMILES string of the molecule is CCCNS(=O)(=O)c1ccc2c(c1)CCCN2C(=O)c1ccc(Cl)cc1. The van der Waals surface area contributed by atoms with E-state index >= 15 is 0 Å². The van der Waals surface area contributed by atoms with E-state index in [1.807, 2.05) is 6.92 Å². The molecule has 7 heteroatoms. The number of carbonyl (C=O) groups is 1. The lowest BCUT2D eigenvalue weighted by atomic mass is 10.0. The number of halogens is 1. The number of amides is 1. The molecule has 0 saturated heterocycles. The minimum absolute atomic E-state index is 0.109. The third-order valence-electron chi connectivity index (χ3n) is 4.36. The van der Waals surface area contributed by atoms with Crippen LogP contribution in [0.25, 0.3) is 0 Å². The van der Waals surface area contributed by atoms with Gasteiger partial charge in [-0.2, -0.15) is 0 Å². The lowest BCUT2D eigenvalue weighted by molar-refractivity contribution is 0.0985. The zero-order valence-electron chi connectivity index (χ0n) is 14.5. The van der Waals surface area contributed by atoms with Gasteiger partial charge in [0.2, 0.25) is 10.0 Å². The van der Waals surface area contributed by atoms with Crippen molar-refractivity contribution in [1.29, 1.82) is 0 Å². The topological polar surface area (TPSA) is 66.5 Å². The van der Waals surface area contributed by atoms with E-state index in [9.17, 15) is 13.2 Å². The molecule has 138 valence electrons. The molecule has 1 aliphatic heterocycles. The lowest BCUT2D eigenvalue weighted by Gasteiger charge is -2.30. The molecule has 0 unspecified atom stereocenters. The highest BCUT2D eigenvalue weighted by Gasteiger charge is 2.25. The van der Waals surface area contributed by atoms with Crippen molar-refractivity contribution >= 4 is 33.2 Å². The summed E-state index contributed by atoms with van der Waals surface area (Å²) in [6, 6.07) is 11.7. The first-order chi connectivity index (χ1) is 12.4. The number of nitrogens with zero attached hydrogens (tertiary/aromatic N) is 1. The number of fused-ring (bicyclic) bond motifs is 1. The van der Waals surface area contributed by atoms with Crippen LogP contribution in [-0.2, 0) is 16.4 Å². The van der Waals surface area contributed by atoms with E-state index in [0.717, 1.165) is 30.5 Å². The standard InChI is InChI=1S/C19H21ClN2O3S/c1-2-11-21-26(24,25)17-9-10-18-15(13-17)4-3-12-22(18)19(23)14-5-7-16(20)8-6-14/h5-10,13,21H,2-4,11-12H2,1H3. The van der Waals surface area contributed by atoms with Crippen LogP contribution in [0.4, 0.5) is 5.69 Å². The van der Waals surface area contributed by atoms with E-state index in [1.165, 1.54) is 0 Å². The van der Waals surface area contributed by atoms with Crippen molar-refractivity contribution in [2.75, 3.05) is 18.0 Å². The molecule has 26 heavy (non-hydrogen) atoms. The van der Waals surface area contributed by atoms with Crippen LogP contribution in [0.1, 0.15) is 35.7 Å². The fraction of sp³-hybridized carbons (Fsp3) is 0.316. The van der Waals surface area contributed by atoms with Gasteiger partial charge in [-0.15, -0.1) is 0 Å². The third-order valence-corrected chi connectivity index (χ3v) is 6.07. The molecule has 1 heterocycles. The summed E-state index contributed by atoms with van der Waals surface area (Å²) in [4.78, 5) is 14.8. The van der Waals surface area contributed by atoms with E-state index in [-0.39, 0.29) is 10.8 Å². The Hall–Kier alpha value is -1.89. The molecular formula is C19H21ClN2O3S. The van der Waals surface area contributed by atoms with E-state index in [4.69, 9.17) is 11.6 Å². The predicted molar refractivity (Wildman–Crippen MR) is 103 cm³/mol. The van der Waals surface area contributed by atoms with Gasteiger partial charge in [0, 0.05) is 29.4 Å². The first-order valence-corrected chi connectivity index (χ1v) is 10.5. The number of rotatable bonds is 5. The van der Waals surface area contributed by atoms with Crippen LogP contribution in [0.5, 0.6) is 0 Å². The summed E-state index contributed by atoms with van der Waals surface area (Å²) in [5.41, 5.74) is 2.20. The second-order valence-corrected chi connectivity index (χ2v) is 8.46. The van der Waals surface area contributed by atoms with Gasteiger partial charge < -0.3 is 4.90 Å². The van der Waals surface area contributed by atoms with E-state index < -0.39 is 10.0 Å². The average molecular weight is 393 g/mol. The highest BCUT2D eigenvalue weighted by atomic mass is 35.5. The first kappa shape index (κ1) is 18.9. The molecule has 2 aromatic rings. The molecule has 0 radical (unpaired) electrons. The molecule has 0 saturated carbocycles. The number of sulfonamides is 1. The van der Waals surface area contributed by atoms with Gasteiger partial charge in [-0.1, -0.05) is 18.5 Å². The zero-order chi connectivity index (χ0) is 18.7. The van der Waals surface area contributed by atoms with Crippen LogP contribution in [-0.4, -0.2) is 27.4 Å². The molecule has 0 spiro atoms. The van der Waals surface area contributed by atoms with Crippen LogP contribution in [0.3, 0.4) is 0 Å². The summed E-state index contributed by atoms with van der Waals surface area (Å²) in [5.74, 6) is -0.109. The molecule has 1 N–H and O–H groups in total. The highest BCUT2D eigenvalue weighted by Crippen LogP contribution is 2.30. The Balaban J connectivity index is 1.91. The van der Waals surface area contributed by atoms with Crippen molar-refractivity contribution < 1.29 is 13.2 Å². The Kier molecular flexibility index (Phi) is 5.65. The number of nitrogens with one attached hydrogen (secondary N) is 1. The van der Waals surface area contributed by atoms with E-state index in [0.29, 0.717) is 23.7 Å². The smallest absolute Gasteiger partial charge is 0.258 e. The minimum atomic E-state index is -3.52. The van der Waals surface area contributed by atoms with Crippen molar-refractivity contribution in [3.8, 4) is 0 Å². The Morgan fingerprint density at radius 1 is 1.19 bits per heavy atom. The number of aryl methyl sites for hydroxylation is 1. The van der Waals surface area contributed by atoms with Gasteiger partial charge in [-0.25, -0.2) is 13.1 Å². The molecule has 0 fully saturated rings. The number of hydrogen-bond acceptors (Lipinski definition) is 3. The van der Waals surface area contributed by atoms with Crippen molar-refractivity contribution in [3.63, 3.8) is 0 Å². The summed E-state index contributed by atoms with van der Waals surface area (Å²) >= 11 is 5.89. The lowest BCUT2D eigenvalue weighted by Crippen LogP contribution is -2.35. The Morgan fingerprint density at radius 3 is 2.62 bits per heavy atom. The summed E-state index contributed by atoms with van der Waals surface area (Å²) < 4.78 is 27.3. The molecule has 5 nitrogen and oxygen atoms in total. The molecule has 0 aromatic heterocycles. The molecular weight excluding hydrogens is 372 g/mol. The third kappa shape index (κ3) is 3.92. The average Bonchev–Trinajstić information content (AvgIpc) is 2.65. The normalized spacial score (nSPS) is 14.2. The van der Waals surface area contributed by atoms with Gasteiger partial charge in [0.15, 0.2) is 0 Å². The summed E-state index contributed by atoms with van der Waals surface area (Å²) in [6.07, 6.45) is 2.27. The van der Waals surface area contributed by atoms with E-state index in [2.05, 4.69) is 4.72 Å². The Labute approximate surface area is 159 Å². The molecule has 0 bridgehead atoms. The largest absolute Gasteiger partial charge is 0.308 e. The maximum atomic E-state index is 12.8. The Morgan fingerprint density at radius 2 is 1.92 bits per heavy atom. The van der Waals surface area contributed by atoms with Gasteiger partial charge in [0.25, 0.3) is 5.91 Å². The maximum Gasteiger partial charge on any atom is 0.258 e. The second-order valence-electron chi connectivity index (χ2n) is 6.26. The van der Waals surface area contributed by atoms with Crippen LogP contribution in [0, 0.1) is 0 Å². The summed E-state index contributed by atoms with van der Waals surface area (Å²) in [6.45, 7) is 2.92. The van der Waals surface area contributed by atoms with Crippen LogP contribution in [0.2, 0.25) is 5.02 Å². The molecule has 3 rings (SSSR count). The molecule has 2 aromatic carbocycles. The maximum absolute atomic E-state index is 12.8. The van der Waals surface area contributed by atoms with Gasteiger partial charge >= 0.3 is 0 Å². The summed E-state index contributed by atoms with van der Waals surface area (Å²) in [7, 11) is -3.52. The first-order valence-electron chi connectivity index (χ1n) is 8.62. The van der Waals surface area contributed by atoms with Crippen LogP contribution >= 0.6 is 11.6 Å². The van der Waals surface area contributed by atoms with Crippen molar-refractivity contribution in [1.82, 2.24) is 4.72 Å². The number of carbonyl (C=O) groups excluding carboxylic acids is 1. The fourth-order valence-electron chi connectivity index (χ4n) is 3.02. The fourth-order valence-corrected chi connectivity index (χ4v) is 4.33. The summed E-state index contributed by atoms with van der Waals surface area (Å²) in [5, 5.41) is 0.579. The van der Waals surface area contributed by atoms with Crippen LogP contribution < -0.4 is 9.62 Å². The molecule has 0 atom stereocenters. The molecule has 0 aliphatic carbocycles. The van der Waals surface area contributed by atoms with Crippen molar-refractivity contribution in [3.05, 3.63) is 58.6 Å². The number of benzene rings is 2. The van der Waals surface area contributed by atoms with Gasteiger partial charge in [0.1, 0.15) is 0 Å². The van der Waals surface area contributed by atoms with Crippen molar-refractivity contribution in [2.24, 2.45) is 0 Å². The second kappa shape index (κ2) is 7.78. The van der Waals surface area contributed by atoms with Gasteiger partial charge in [0.05, 0.1) is 4.90 Å². The van der Waals surface area contributed by atoms with E-state index in [1.54, 1.807) is 47.4 Å². The monoisotopic (exact) mass is 392 g/mol. The quantitative estimate of drug-likeness (QED) is 0.845. The number of hydrogen-bond donors (Lipinski definition) is 1. The number of anilines is 1. The van der Waals surface area contributed by atoms with Gasteiger partial charge in [-0.05, 0) is 67.3 Å². The Bertz CT molecular complexity index is 911.